The molecule has 5 rings (SSSR count). The summed E-state index contributed by atoms with van der Waals surface area (Å²) in [6, 6.07) is 5.46. The molecule has 1 aliphatic carbocycles. The number of pyridine rings is 1. The smallest absolute Gasteiger partial charge is 0.139 e. The Morgan fingerprint density at radius 3 is 2.61 bits per heavy atom. The van der Waals surface area contributed by atoms with Crippen molar-refractivity contribution in [3.8, 4) is 6.07 Å². The van der Waals surface area contributed by atoms with Crippen LogP contribution in [-0.4, -0.2) is 48.7 Å². The van der Waals surface area contributed by atoms with Gasteiger partial charge in [0.25, 0.3) is 0 Å². The van der Waals surface area contributed by atoms with Crippen LogP contribution in [0.3, 0.4) is 0 Å². The lowest BCUT2D eigenvalue weighted by Crippen LogP contribution is -2.43. The fraction of sp³-hybridized carbons (Fsp3) is 0.571. The molecule has 2 fully saturated rings. The average Bonchev–Trinajstić information content (AvgIpc) is 3.37. The maximum absolute atomic E-state index is 9.93. The molecule has 0 atom stereocenters. The molecule has 0 spiro atoms. The summed E-state index contributed by atoms with van der Waals surface area (Å²) in [7, 11) is 0. The predicted molar refractivity (Wildman–Crippen MR) is 107 cm³/mol. The van der Waals surface area contributed by atoms with Crippen LogP contribution >= 0.6 is 0 Å². The van der Waals surface area contributed by atoms with E-state index in [9.17, 15) is 5.11 Å². The van der Waals surface area contributed by atoms with E-state index >= 15 is 0 Å². The number of aliphatic hydroxyl groups is 1. The number of H-pyrrole nitrogens is 1. The van der Waals surface area contributed by atoms with Crippen molar-refractivity contribution in [2.45, 2.75) is 57.2 Å². The first-order chi connectivity index (χ1) is 13.8. The van der Waals surface area contributed by atoms with Gasteiger partial charge in [-0.1, -0.05) is 0 Å². The molecule has 7 heteroatoms. The molecule has 0 bridgehead atoms. The summed E-state index contributed by atoms with van der Waals surface area (Å²) in [5.74, 6) is 0.984. The van der Waals surface area contributed by atoms with E-state index in [1.54, 1.807) is 6.20 Å². The van der Waals surface area contributed by atoms with Crippen molar-refractivity contribution in [3.63, 3.8) is 0 Å². The second-order valence-electron chi connectivity index (χ2n) is 8.19. The Morgan fingerprint density at radius 1 is 1.14 bits per heavy atom. The lowest BCUT2D eigenvalue weighted by atomic mass is 9.87. The molecule has 1 aliphatic heterocycles. The maximum Gasteiger partial charge on any atom is 0.139 e. The Kier molecular flexibility index (Phi) is 4.53. The number of fused-ring (bicyclic) bond motifs is 3. The van der Waals surface area contributed by atoms with E-state index in [2.05, 4.69) is 36.6 Å². The Balaban J connectivity index is 1.39. The molecule has 2 N–H and O–H groups in total. The molecule has 0 radical (unpaired) electrons. The van der Waals surface area contributed by atoms with Crippen molar-refractivity contribution in [1.29, 1.82) is 5.26 Å². The van der Waals surface area contributed by atoms with Gasteiger partial charge < -0.3 is 19.6 Å². The van der Waals surface area contributed by atoms with Gasteiger partial charge in [0, 0.05) is 29.6 Å². The quantitative estimate of drug-likeness (QED) is 0.730. The van der Waals surface area contributed by atoms with Crippen molar-refractivity contribution >= 4 is 22.1 Å². The summed E-state index contributed by atoms with van der Waals surface area (Å²) in [6.07, 6.45) is 10.2. The number of likely N-dealkylation sites (tertiary alicyclic amines) is 1. The summed E-state index contributed by atoms with van der Waals surface area (Å²) in [6.45, 7) is 2.06. The van der Waals surface area contributed by atoms with Crippen LogP contribution in [0.5, 0.6) is 0 Å². The van der Waals surface area contributed by atoms with Crippen LogP contribution in [0.15, 0.2) is 18.5 Å². The normalized spacial score (nSPS) is 24.7. The molecule has 2 aliphatic rings. The molecule has 0 amide bonds. The number of aliphatic hydroxyl groups excluding tert-OH is 1. The third-order valence-electron chi connectivity index (χ3n) is 6.71. The molecule has 4 heterocycles. The summed E-state index contributed by atoms with van der Waals surface area (Å²) in [5.41, 5.74) is 2.82. The highest BCUT2D eigenvalue weighted by Crippen LogP contribution is 2.37. The lowest BCUT2D eigenvalue weighted by molar-refractivity contribution is 0.105. The van der Waals surface area contributed by atoms with E-state index in [0.29, 0.717) is 12.1 Å². The van der Waals surface area contributed by atoms with Crippen LogP contribution in [0.2, 0.25) is 0 Å². The molecular weight excluding hydrogens is 352 g/mol. The van der Waals surface area contributed by atoms with E-state index < -0.39 is 0 Å². The summed E-state index contributed by atoms with van der Waals surface area (Å²) >= 11 is 0. The minimum absolute atomic E-state index is 0.0534. The van der Waals surface area contributed by atoms with Gasteiger partial charge in [-0.3, -0.25) is 0 Å². The van der Waals surface area contributed by atoms with Crippen molar-refractivity contribution in [3.05, 3.63) is 24.3 Å². The Bertz CT molecular complexity index is 1010. The number of nitriles is 1. The largest absolute Gasteiger partial charge is 0.388 e. The van der Waals surface area contributed by atoms with Gasteiger partial charge in [0.05, 0.1) is 17.8 Å². The fourth-order valence-electron chi connectivity index (χ4n) is 5.22. The van der Waals surface area contributed by atoms with Crippen LogP contribution in [0.25, 0.3) is 22.1 Å². The minimum atomic E-state index is -0.0534. The first kappa shape index (κ1) is 17.7. The van der Waals surface area contributed by atoms with Crippen LogP contribution < -0.4 is 0 Å². The molecule has 28 heavy (non-hydrogen) atoms. The van der Waals surface area contributed by atoms with Gasteiger partial charge in [0.15, 0.2) is 0 Å². The number of hydrogen-bond acceptors (Lipinski definition) is 5. The van der Waals surface area contributed by atoms with Gasteiger partial charge in [-0.25, -0.2) is 9.97 Å². The molecule has 0 unspecified atom stereocenters. The number of nitrogens with one attached hydrogen (secondary N) is 1. The van der Waals surface area contributed by atoms with E-state index in [0.717, 1.165) is 79.5 Å². The van der Waals surface area contributed by atoms with Gasteiger partial charge >= 0.3 is 0 Å². The number of aromatic nitrogens is 4. The van der Waals surface area contributed by atoms with Crippen molar-refractivity contribution < 1.29 is 5.11 Å². The number of hydrogen-bond donors (Lipinski definition) is 2. The fourth-order valence-corrected chi connectivity index (χ4v) is 5.22. The number of imidazole rings is 1. The highest BCUT2D eigenvalue weighted by Gasteiger charge is 2.31. The Labute approximate surface area is 164 Å². The standard InChI is InChI=1S/C21H26N6O/c22-11-14-6-9-26(10-7-14)15-1-3-16(4-2-15)27-19(13-28)25-18-12-24-21-17(20(18)27)5-8-23-21/h5,8,12,14-16,28H,1-4,6-7,9-10,13H2,(H,23,24). The van der Waals surface area contributed by atoms with Gasteiger partial charge in [-0.2, -0.15) is 5.26 Å². The van der Waals surface area contributed by atoms with E-state index in [1.807, 2.05) is 6.20 Å². The number of nitrogens with zero attached hydrogens (tertiary/aromatic N) is 5. The second-order valence-corrected chi connectivity index (χ2v) is 8.19. The van der Waals surface area contributed by atoms with Gasteiger partial charge in [0.2, 0.25) is 0 Å². The monoisotopic (exact) mass is 378 g/mol. The molecular formula is C21H26N6O. The van der Waals surface area contributed by atoms with Crippen molar-refractivity contribution in [2.24, 2.45) is 5.92 Å². The second kappa shape index (κ2) is 7.19. The van der Waals surface area contributed by atoms with Gasteiger partial charge in [0.1, 0.15) is 23.6 Å². The van der Waals surface area contributed by atoms with Gasteiger partial charge in [-0.05, 0) is 57.7 Å². The van der Waals surface area contributed by atoms with Crippen molar-refractivity contribution in [1.82, 2.24) is 24.4 Å². The molecule has 1 saturated heterocycles. The first-order valence-electron chi connectivity index (χ1n) is 10.4. The first-order valence-corrected chi connectivity index (χ1v) is 10.4. The van der Waals surface area contributed by atoms with Crippen LogP contribution in [0.4, 0.5) is 0 Å². The molecule has 7 nitrogen and oxygen atoms in total. The highest BCUT2D eigenvalue weighted by molar-refractivity contribution is 6.01. The van der Waals surface area contributed by atoms with E-state index in [-0.39, 0.29) is 12.5 Å². The zero-order valence-electron chi connectivity index (χ0n) is 16.0. The van der Waals surface area contributed by atoms with E-state index in [4.69, 9.17) is 5.26 Å². The van der Waals surface area contributed by atoms with Crippen LogP contribution in [-0.2, 0) is 6.61 Å². The summed E-state index contributed by atoms with van der Waals surface area (Å²) in [4.78, 5) is 14.9. The van der Waals surface area contributed by atoms with Crippen LogP contribution in [0.1, 0.15) is 50.4 Å². The zero-order chi connectivity index (χ0) is 19.1. The molecule has 3 aromatic rings. The van der Waals surface area contributed by atoms with Crippen LogP contribution in [0, 0.1) is 17.2 Å². The Hall–Kier alpha value is -2.43. The predicted octanol–water partition coefficient (Wildman–Crippen LogP) is 3.12. The Morgan fingerprint density at radius 2 is 1.89 bits per heavy atom. The number of rotatable bonds is 3. The SMILES string of the molecule is N#CC1CCN(C2CCC(n3c(CO)nc4cnc5[nH]ccc5c43)CC2)CC1. The molecule has 3 aromatic heterocycles. The third-order valence-corrected chi connectivity index (χ3v) is 6.71. The zero-order valence-corrected chi connectivity index (χ0v) is 16.0. The maximum atomic E-state index is 9.93. The lowest BCUT2D eigenvalue weighted by Gasteiger charge is -2.40. The molecule has 1 saturated carbocycles. The van der Waals surface area contributed by atoms with Gasteiger partial charge in [-0.15, -0.1) is 0 Å². The third kappa shape index (κ3) is 2.88. The number of aromatic amines is 1. The molecule has 0 aromatic carbocycles. The van der Waals surface area contributed by atoms with Crippen molar-refractivity contribution in [2.75, 3.05) is 13.1 Å². The van der Waals surface area contributed by atoms with E-state index in [1.165, 1.54) is 0 Å². The topological polar surface area (TPSA) is 93.8 Å². The average molecular weight is 378 g/mol. The molecule has 146 valence electrons. The summed E-state index contributed by atoms with van der Waals surface area (Å²) in [5, 5.41) is 20.1. The number of piperidine rings is 1. The highest BCUT2D eigenvalue weighted by atomic mass is 16.3. The summed E-state index contributed by atoms with van der Waals surface area (Å²) < 4.78 is 2.27. The minimum Gasteiger partial charge on any atom is -0.388 e.